The van der Waals surface area contributed by atoms with Crippen LogP contribution >= 0.6 is 15.9 Å². The van der Waals surface area contributed by atoms with E-state index in [1.165, 1.54) is 19.3 Å². The molecule has 0 heterocycles. The highest BCUT2D eigenvalue weighted by atomic mass is 79.9. The van der Waals surface area contributed by atoms with Crippen LogP contribution in [0.25, 0.3) is 0 Å². The zero-order valence-electron chi connectivity index (χ0n) is 16.9. The SMILES string of the molecule is O=C(N[C@@H](C(=O)Nc1ccc(Br)cc1)C12CC3CC(CC(C3)C1)C2)c1ccccc1. The number of anilines is 1. The van der Waals surface area contributed by atoms with Crippen molar-refractivity contribution in [1.29, 1.82) is 0 Å². The number of benzene rings is 2. The van der Waals surface area contributed by atoms with Crippen molar-refractivity contribution in [3.05, 3.63) is 64.6 Å². The summed E-state index contributed by atoms with van der Waals surface area (Å²) >= 11 is 3.44. The van der Waals surface area contributed by atoms with Gasteiger partial charge >= 0.3 is 0 Å². The number of amides is 2. The fourth-order valence-corrected chi connectivity index (χ4v) is 6.84. The first-order chi connectivity index (χ1) is 14.5. The molecule has 2 aromatic rings. The molecule has 2 aromatic carbocycles. The monoisotopic (exact) mass is 466 g/mol. The molecule has 2 N–H and O–H groups in total. The minimum Gasteiger partial charge on any atom is -0.340 e. The Bertz CT molecular complexity index is 906. The molecule has 6 rings (SSSR count). The maximum Gasteiger partial charge on any atom is 0.251 e. The first-order valence-corrected chi connectivity index (χ1v) is 11.7. The van der Waals surface area contributed by atoms with Crippen molar-refractivity contribution in [2.45, 2.75) is 44.6 Å². The van der Waals surface area contributed by atoms with E-state index in [9.17, 15) is 9.59 Å². The van der Waals surface area contributed by atoms with E-state index in [1.54, 1.807) is 12.1 Å². The van der Waals surface area contributed by atoms with Gasteiger partial charge in [-0.1, -0.05) is 34.1 Å². The van der Waals surface area contributed by atoms with Gasteiger partial charge in [-0.05, 0) is 92.7 Å². The highest BCUT2D eigenvalue weighted by Gasteiger charge is 2.56. The predicted molar refractivity (Wildman–Crippen MR) is 121 cm³/mol. The van der Waals surface area contributed by atoms with E-state index in [-0.39, 0.29) is 17.2 Å². The van der Waals surface area contributed by atoms with E-state index < -0.39 is 6.04 Å². The van der Waals surface area contributed by atoms with Crippen LogP contribution in [0.2, 0.25) is 0 Å². The fourth-order valence-electron chi connectivity index (χ4n) is 6.58. The van der Waals surface area contributed by atoms with Crippen molar-refractivity contribution in [3.63, 3.8) is 0 Å². The second-order valence-corrected chi connectivity index (χ2v) is 10.5. The standard InChI is InChI=1S/C25H27BrN2O2/c26-20-6-8-21(9-7-20)27-24(30)22(28-23(29)19-4-2-1-3-5-19)25-13-16-10-17(14-25)12-18(11-16)15-25/h1-9,16-18,22H,10-15H2,(H,27,30)(H,28,29)/t16?,17?,18?,22-,25?/m0/s1. The van der Waals surface area contributed by atoms with Crippen molar-refractivity contribution in [1.82, 2.24) is 5.32 Å². The summed E-state index contributed by atoms with van der Waals surface area (Å²) < 4.78 is 0.968. The normalized spacial score (nSPS) is 30.0. The zero-order valence-corrected chi connectivity index (χ0v) is 18.5. The largest absolute Gasteiger partial charge is 0.340 e. The summed E-state index contributed by atoms with van der Waals surface area (Å²) in [7, 11) is 0. The molecule has 4 fully saturated rings. The maximum atomic E-state index is 13.5. The number of halogens is 1. The molecule has 0 saturated heterocycles. The van der Waals surface area contributed by atoms with Gasteiger partial charge in [-0.15, -0.1) is 0 Å². The summed E-state index contributed by atoms with van der Waals surface area (Å²) in [5.41, 5.74) is 1.23. The quantitative estimate of drug-likeness (QED) is 0.619. The Hall–Kier alpha value is -2.14. The summed E-state index contributed by atoms with van der Waals surface area (Å²) in [6, 6.07) is 16.3. The van der Waals surface area contributed by atoms with E-state index in [1.807, 2.05) is 42.5 Å². The lowest BCUT2D eigenvalue weighted by Gasteiger charge is -2.58. The molecule has 0 unspecified atom stereocenters. The molecule has 4 aliphatic carbocycles. The molecule has 4 aliphatic rings. The Kier molecular flexibility index (Phi) is 5.18. The lowest BCUT2D eigenvalue weighted by Crippen LogP contribution is -2.61. The number of hydrogen-bond acceptors (Lipinski definition) is 2. The molecule has 4 saturated carbocycles. The van der Waals surface area contributed by atoms with Crippen LogP contribution in [-0.4, -0.2) is 17.9 Å². The number of hydrogen-bond donors (Lipinski definition) is 2. The Balaban J connectivity index is 1.43. The van der Waals surface area contributed by atoms with E-state index in [0.29, 0.717) is 23.3 Å². The van der Waals surface area contributed by atoms with E-state index in [2.05, 4.69) is 26.6 Å². The molecule has 1 atom stereocenters. The minimum atomic E-state index is -0.512. The summed E-state index contributed by atoms with van der Waals surface area (Å²) in [5.74, 6) is 1.85. The molecular formula is C25H27BrN2O2. The van der Waals surface area contributed by atoms with Crippen LogP contribution in [0.15, 0.2) is 59.1 Å². The topological polar surface area (TPSA) is 58.2 Å². The third kappa shape index (κ3) is 3.80. The van der Waals surface area contributed by atoms with E-state index >= 15 is 0 Å². The molecule has 0 radical (unpaired) electrons. The van der Waals surface area contributed by atoms with Gasteiger partial charge in [0, 0.05) is 21.1 Å². The van der Waals surface area contributed by atoms with Crippen LogP contribution in [0, 0.1) is 23.2 Å². The predicted octanol–water partition coefficient (Wildman–Crippen LogP) is 5.40. The Morgan fingerprint density at radius 2 is 1.43 bits per heavy atom. The van der Waals surface area contributed by atoms with Gasteiger partial charge in [0.2, 0.25) is 5.91 Å². The number of rotatable bonds is 5. The van der Waals surface area contributed by atoms with Gasteiger partial charge in [-0.2, -0.15) is 0 Å². The molecule has 0 aliphatic heterocycles. The molecule has 156 valence electrons. The van der Waals surface area contributed by atoms with Crippen molar-refractivity contribution in [2.24, 2.45) is 23.2 Å². The first kappa shape index (κ1) is 19.8. The van der Waals surface area contributed by atoms with E-state index in [0.717, 1.165) is 29.4 Å². The summed E-state index contributed by atoms with van der Waals surface area (Å²) in [5, 5.41) is 6.24. The molecule has 5 heteroatoms. The van der Waals surface area contributed by atoms with Crippen LogP contribution in [0.3, 0.4) is 0 Å². The average molecular weight is 467 g/mol. The van der Waals surface area contributed by atoms with Gasteiger partial charge in [0.15, 0.2) is 0 Å². The van der Waals surface area contributed by atoms with Crippen molar-refractivity contribution in [3.8, 4) is 0 Å². The fraction of sp³-hybridized carbons (Fsp3) is 0.440. The third-order valence-electron chi connectivity index (χ3n) is 7.38. The Morgan fingerprint density at radius 1 is 0.867 bits per heavy atom. The maximum absolute atomic E-state index is 13.5. The molecule has 4 nitrogen and oxygen atoms in total. The molecule has 0 spiro atoms. The van der Waals surface area contributed by atoms with Crippen molar-refractivity contribution < 1.29 is 9.59 Å². The smallest absolute Gasteiger partial charge is 0.251 e. The van der Waals surface area contributed by atoms with Crippen molar-refractivity contribution in [2.75, 3.05) is 5.32 Å². The minimum absolute atomic E-state index is 0.0939. The van der Waals surface area contributed by atoms with Crippen LogP contribution in [0.1, 0.15) is 48.9 Å². The highest BCUT2D eigenvalue weighted by Crippen LogP contribution is 2.61. The second-order valence-electron chi connectivity index (χ2n) is 9.55. The van der Waals surface area contributed by atoms with Gasteiger partial charge in [0.1, 0.15) is 6.04 Å². The molecule has 4 bridgehead atoms. The van der Waals surface area contributed by atoms with Gasteiger partial charge in [-0.25, -0.2) is 0 Å². The summed E-state index contributed by atoms with van der Waals surface area (Å²) in [6.07, 6.45) is 7.04. The molecule has 0 aromatic heterocycles. The van der Waals surface area contributed by atoms with Gasteiger partial charge in [-0.3, -0.25) is 9.59 Å². The lowest BCUT2D eigenvalue weighted by atomic mass is 9.47. The molecular weight excluding hydrogens is 440 g/mol. The number of carbonyl (C=O) groups excluding carboxylic acids is 2. The summed E-state index contributed by atoms with van der Waals surface area (Å²) in [4.78, 5) is 26.6. The first-order valence-electron chi connectivity index (χ1n) is 10.9. The Morgan fingerprint density at radius 3 is 2.00 bits per heavy atom. The van der Waals surface area contributed by atoms with Crippen LogP contribution < -0.4 is 10.6 Å². The van der Waals surface area contributed by atoms with E-state index in [4.69, 9.17) is 0 Å². The number of carbonyl (C=O) groups is 2. The second kappa shape index (κ2) is 7.84. The third-order valence-corrected chi connectivity index (χ3v) is 7.91. The van der Waals surface area contributed by atoms with Crippen molar-refractivity contribution >= 4 is 33.4 Å². The van der Waals surface area contributed by atoms with Gasteiger partial charge in [0.05, 0.1) is 0 Å². The lowest BCUT2D eigenvalue weighted by molar-refractivity contribution is -0.129. The molecule has 30 heavy (non-hydrogen) atoms. The highest BCUT2D eigenvalue weighted by molar-refractivity contribution is 9.10. The van der Waals surface area contributed by atoms with Gasteiger partial charge < -0.3 is 10.6 Å². The van der Waals surface area contributed by atoms with Crippen LogP contribution in [0.5, 0.6) is 0 Å². The Labute approximate surface area is 186 Å². The van der Waals surface area contributed by atoms with Gasteiger partial charge in [0.25, 0.3) is 5.91 Å². The average Bonchev–Trinajstić information content (AvgIpc) is 2.73. The zero-order chi connectivity index (χ0) is 20.7. The summed E-state index contributed by atoms with van der Waals surface area (Å²) in [6.45, 7) is 0. The van der Waals surface area contributed by atoms with Crippen LogP contribution in [-0.2, 0) is 4.79 Å². The number of nitrogens with one attached hydrogen (secondary N) is 2. The van der Waals surface area contributed by atoms with Crippen LogP contribution in [0.4, 0.5) is 5.69 Å². The molecule has 2 amide bonds.